The lowest BCUT2D eigenvalue weighted by Crippen LogP contribution is -2.30. The van der Waals surface area contributed by atoms with Crippen molar-refractivity contribution in [2.75, 3.05) is 25.1 Å². The van der Waals surface area contributed by atoms with E-state index < -0.39 is 0 Å². The molecule has 136 valence electrons. The zero-order chi connectivity index (χ0) is 18.6. The lowest BCUT2D eigenvalue weighted by molar-refractivity contribution is 0.415. The maximum Gasteiger partial charge on any atom is 0.153 e. The number of benzene rings is 1. The van der Waals surface area contributed by atoms with Gasteiger partial charge in [-0.1, -0.05) is 0 Å². The number of rotatable bonds is 4. The van der Waals surface area contributed by atoms with Crippen LogP contribution in [-0.2, 0) is 0 Å². The van der Waals surface area contributed by atoms with E-state index in [1.807, 2.05) is 42.5 Å². The van der Waals surface area contributed by atoms with Crippen molar-refractivity contribution in [3.8, 4) is 34.5 Å². The van der Waals surface area contributed by atoms with Crippen molar-refractivity contribution in [2.45, 2.75) is 19.3 Å². The Kier molecular flexibility index (Phi) is 4.80. The van der Waals surface area contributed by atoms with Gasteiger partial charge in [0.25, 0.3) is 0 Å². The summed E-state index contributed by atoms with van der Waals surface area (Å²) in [5.74, 6) is 1.41. The zero-order valence-electron chi connectivity index (χ0n) is 15.3. The molecule has 3 heterocycles. The number of hydrogen-bond acceptors (Lipinski definition) is 5. The minimum atomic E-state index is 0.573. The van der Waals surface area contributed by atoms with Crippen LogP contribution < -0.4 is 9.64 Å². The number of aromatic nitrogens is 1. The lowest BCUT2D eigenvalue weighted by atomic mass is 10.0. The van der Waals surface area contributed by atoms with Crippen molar-refractivity contribution in [3.63, 3.8) is 0 Å². The van der Waals surface area contributed by atoms with E-state index in [4.69, 9.17) is 14.1 Å². The van der Waals surface area contributed by atoms with Crippen LogP contribution in [0.4, 0.5) is 5.69 Å². The minimum absolute atomic E-state index is 0.573. The van der Waals surface area contributed by atoms with Gasteiger partial charge in [0.2, 0.25) is 0 Å². The summed E-state index contributed by atoms with van der Waals surface area (Å²) >= 11 is 0. The summed E-state index contributed by atoms with van der Waals surface area (Å²) in [7, 11) is 1.65. The Morgan fingerprint density at radius 2 is 1.89 bits per heavy atom. The molecule has 0 amide bonds. The average molecular weight is 359 g/mol. The highest BCUT2D eigenvalue weighted by Gasteiger charge is 2.22. The molecule has 0 radical (unpaired) electrons. The number of ether oxygens (including phenoxy) is 1. The highest BCUT2D eigenvalue weighted by Crippen LogP contribution is 2.35. The first kappa shape index (κ1) is 17.2. The average Bonchev–Trinajstić information content (AvgIpc) is 3.28. The van der Waals surface area contributed by atoms with Crippen molar-refractivity contribution in [1.82, 2.24) is 4.98 Å². The van der Waals surface area contributed by atoms with Gasteiger partial charge in [-0.25, -0.2) is 4.98 Å². The second-order valence-corrected chi connectivity index (χ2v) is 6.62. The molecule has 1 saturated heterocycles. The van der Waals surface area contributed by atoms with Crippen LogP contribution in [0.25, 0.3) is 22.7 Å². The molecule has 27 heavy (non-hydrogen) atoms. The number of nitrogens with zero attached hydrogens (tertiary/aromatic N) is 3. The van der Waals surface area contributed by atoms with Crippen LogP contribution in [0.1, 0.15) is 24.8 Å². The fraction of sp³-hybridized carbons (Fsp3) is 0.273. The minimum Gasteiger partial charge on any atom is -0.497 e. The van der Waals surface area contributed by atoms with Gasteiger partial charge in [-0.05, 0) is 61.7 Å². The number of anilines is 1. The standard InChI is InChI=1S/C22H21N3O2/c1-26-17-9-7-16(8-10-17)19-14-20(25-11-3-2-4-12-25)18(15-23)22(24-19)21-6-5-13-27-21/h5-10,13-14H,2-4,11-12H2,1H3. The number of pyridine rings is 1. The Hall–Kier alpha value is -3.26. The Morgan fingerprint density at radius 3 is 2.52 bits per heavy atom. The maximum atomic E-state index is 9.88. The lowest BCUT2D eigenvalue weighted by Gasteiger charge is -2.30. The van der Waals surface area contributed by atoms with E-state index in [9.17, 15) is 5.26 Å². The van der Waals surface area contributed by atoms with Crippen molar-refractivity contribution < 1.29 is 9.15 Å². The summed E-state index contributed by atoms with van der Waals surface area (Å²) in [6, 6.07) is 15.9. The fourth-order valence-electron chi connectivity index (χ4n) is 3.53. The van der Waals surface area contributed by atoms with Crippen molar-refractivity contribution in [2.24, 2.45) is 0 Å². The largest absolute Gasteiger partial charge is 0.497 e. The maximum absolute atomic E-state index is 9.88. The van der Waals surface area contributed by atoms with Crippen LogP contribution >= 0.6 is 0 Å². The topological polar surface area (TPSA) is 62.3 Å². The normalized spacial score (nSPS) is 14.0. The third kappa shape index (κ3) is 3.39. The monoisotopic (exact) mass is 359 g/mol. The van der Waals surface area contributed by atoms with Crippen LogP contribution in [-0.4, -0.2) is 25.2 Å². The Morgan fingerprint density at radius 1 is 1.11 bits per heavy atom. The third-order valence-corrected chi connectivity index (χ3v) is 4.95. The molecule has 1 aliphatic rings. The fourth-order valence-corrected chi connectivity index (χ4v) is 3.53. The van der Waals surface area contributed by atoms with E-state index in [1.165, 1.54) is 6.42 Å². The Balaban J connectivity index is 1.88. The van der Waals surface area contributed by atoms with E-state index in [2.05, 4.69) is 11.0 Å². The molecule has 0 saturated carbocycles. The second-order valence-electron chi connectivity index (χ2n) is 6.62. The number of methoxy groups -OCH3 is 1. The van der Waals surface area contributed by atoms with Gasteiger partial charge in [0.05, 0.1) is 24.8 Å². The van der Waals surface area contributed by atoms with E-state index >= 15 is 0 Å². The van der Waals surface area contributed by atoms with Gasteiger partial charge >= 0.3 is 0 Å². The van der Waals surface area contributed by atoms with Crippen LogP contribution in [0.3, 0.4) is 0 Å². The molecule has 5 heteroatoms. The Labute approximate surface area is 158 Å². The molecule has 5 nitrogen and oxygen atoms in total. The molecule has 1 aliphatic heterocycles. The SMILES string of the molecule is COc1ccc(-c2cc(N3CCCCC3)c(C#N)c(-c3ccco3)n2)cc1. The van der Waals surface area contributed by atoms with Crippen molar-refractivity contribution >= 4 is 5.69 Å². The van der Waals surface area contributed by atoms with Gasteiger partial charge in [0, 0.05) is 18.7 Å². The zero-order valence-corrected chi connectivity index (χ0v) is 15.3. The predicted molar refractivity (Wildman–Crippen MR) is 105 cm³/mol. The molecule has 0 atom stereocenters. The molecule has 0 unspecified atom stereocenters. The summed E-state index contributed by atoms with van der Waals surface area (Å²) in [4.78, 5) is 7.08. The molecule has 0 spiro atoms. The summed E-state index contributed by atoms with van der Waals surface area (Å²) in [5, 5.41) is 9.88. The summed E-state index contributed by atoms with van der Waals surface area (Å²) in [5.41, 5.74) is 3.90. The second kappa shape index (κ2) is 7.55. The first-order valence-corrected chi connectivity index (χ1v) is 9.18. The van der Waals surface area contributed by atoms with E-state index in [1.54, 1.807) is 13.4 Å². The number of piperidine rings is 1. The summed E-state index contributed by atoms with van der Waals surface area (Å²) < 4.78 is 10.8. The van der Waals surface area contributed by atoms with Gasteiger partial charge in [0.15, 0.2) is 5.76 Å². The van der Waals surface area contributed by atoms with Crippen LogP contribution in [0.2, 0.25) is 0 Å². The quantitative estimate of drug-likeness (QED) is 0.664. The van der Waals surface area contributed by atoms with Gasteiger partial charge in [-0.15, -0.1) is 0 Å². The van der Waals surface area contributed by atoms with Gasteiger partial charge in [0.1, 0.15) is 23.1 Å². The predicted octanol–water partition coefficient (Wildman–Crippen LogP) is 4.88. The summed E-state index contributed by atoms with van der Waals surface area (Å²) in [6.07, 6.45) is 5.13. The van der Waals surface area contributed by atoms with Crippen molar-refractivity contribution in [1.29, 1.82) is 5.26 Å². The van der Waals surface area contributed by atoms with Crippen LogP contribution in [0.15, 0.2) is 53.1 Å². The highest BCUT2D eigenvalue weighted by atomic mass is 16.5. The van der Waals surface area contributed by atoms with E-state index in [-0.39, 0.29) is 0 Å². The molecular formula is C22H21N3O2. The molecule has 3 aromatic rings. The molecule has 1 fully saturated rings. The molecule has 0 bridgehead atoms. The molecule has 0 N–H and O–H groups in total. The van der Waals surface area contributed by atoms with E-state index in [0.29, 0.717) is 17.0 Å². The van der Waals surface area contributed by atoms with Gasteiger partial charge < -0.3 is 14.1 Å². The third-order valence-electron chi connectivity index (χ3n) is 4.95. The first-order valence-electron chi connectivity index (χ1n) is 9.18. The first-order chi connectivity index (χ1) is 13.3. The van der Waals surface area contributed by atoms with Crippen LogP contribution in [0, 0.1) is 11.3 Å². The summed E-state index contributed by atoms with van der Waals surface area (Å²) in [6.45, 7) is 1.91. The molecule has 2 aromatic heterocycles. The van der Waals surface area contributed by atoms with Gasteiger partial charge in [-0.3, -0.25) is 0 Å². The Bertz CT molecular complexity index is 950. The number of nitriles is 1. The smallest absolute Gasteiger partial charge is 0.153 e. The number of furan rings is 1. The molecular weight excluding hydrogens is 338 g/mol. The highest BCUT2D eigenvalue weighted by molar-refractivity contribution is 5.78. The molecule has 4 rings (SSSR count). The van der Waals surface area contributed by atoms with Gasteiger partial charge in [-0.2, -0.15) is 5.26 Å². The van der Waals surface area contributed by atoms with Crippen LogP contribution in [0.5, 0.6) is 5.75 Å². The van der Waals surface area contributed by atoms with E-state index in [0.717, 1.165) is 48.6 Å². The number of hydrogen-bond donors (Lipinski definition) is 0. The molecule has 1 aromatic carbocycles. The molecule has 0 aliphatic carbocycles. The van der Waals surface area contributed by atoms with Crippen molar-refractivity contribution in [3.05, 3.63) is 54.3 Å².